The van der Waals surface area contributed by atoms with Gasteiger partial charge in [-0.05, 0) is 30.7 Å². The van der Waals surface area contributed by atoms with E-state index in [1.807, 2.05) is 6.92 Å². The number of carbonyl (C=O) groups excluding carboxylic acids is 1. The number of amides is 1. The first-order chi connectivity index (χ1) is 8.08. The van der Waals surface area contributed by atoms with Crippen LogP contribution in [0.1, 0.15) is 23.7 Å². The molecule has 0 fully saturated rings. The molecular weight excluding hydrogens is 222 g/mol. The summed E-state index contributed by atoms with van der Waals surface area (Å²) in [4.78, 5) is 22.3. The average Bonchev–Trinajstić information content (AvgIpc) is 2.31. The van der Waals surface area contributed by atoms with Crippen LogP contribution in [0, 0.1) is 0 Å². The topological polar surface area (TPSA) is 75.6 Å². The molecule has 0 aliphatic heterocycles. The Morgan fingerprint density at radius 1 is 1.35 bits per heavy atom. The van der Waals surface area contributed by atoms with E-state index in [1.54, 1.807) is 12.1 Å². The van der Waals surface area contributed by atoms with Crippen molar-refractivity contribution in [3.63, 3.8) is 0 Å². The molecule has 1 rings (SSSR count). The Morgan fingerprint density at radius 2 is 1.94 bits per heavy atom. The highest BCUT2D eigenvalue weighted by Gasteiger charge is 2.15. The normalized spacial score (nSPS) is 11.9. The SMILES string of the molecule is CCC(OC)C(=O)Nc1ccc(C(=O)O)cc1. The van der Waals surface area contributed by atoms with Crippen molar-refractivity contribution in [3.8, 4) is 0 Å². The van der Waals surface area contributed by atoms with Gasteiger partial charge in [-0.1, -0.05) is 6.92 Å². The van der Waals surface area contributed by atoms with Gasteiger partial charge in [0.2, 0.25) is 0 Å². The van der Waals surface area contributed by atoms with Gasteiger partial charge >= 0.3 is 5.97 Å². The van der Waals surface area contributed by atoms with Crippen LogP contribution >= 0.6 is 0 Å². The van der Waals surface area contributed by atoms with Crippen LogP contribution in [0.3, 0.4) is 0 Å². The molecule has 17 heavy (non-hydrogen) atoms. The largest absolute Gasteiger partial charge is 0.478 e. The molecule has 0 aromatic heterocycles. The molecule has 0 saturated carbocycles. The van der Waals surface area contributed by atoms with E-state index in [2.05, 4.69) is 5.32 Å². The highest BCUT2D eigenvalue weighted by atomic mass is 16.5. The molecule has 0 heterocycles. The smallest absolute Gasteiger partial charge is 0.335 e. The molecule has 2 N–H and O–H groups in total. The van der Waals surface area contributed by atoms with Crippen molar-refractivity contribution < 1.29 is 19.4 Å². The number of anilines is 1. The van der Waals surface area contributed by atoms with Crippen molar-refractivity contribution in [2.24, 2.45) is 0 Å². The molecular formula is C12H15NO4. The standard InChI is InChI=1S/C12H15NO4/c1-3-10(17-2)11(14)13-9-6-4-8(5-7-9)12(15)16/h4-7,10H,3H2,1-2H3,(H,13,14)(H,15,16). The molecule has 5 nitrogen and oxygen atoms in total. The molecule has 5 heteroatoms. The molecule has 1 unspecified atom stereocenters. The summed E-state index contributed by atoms with van der Waals surface area (Å²) in [6.45, 7) is 1.85. The van der Waals surface area contributed by atoms with Crippen LogP contribution in [0.5, 0.6) is 0 Å². The van der Waals surface area contributed by atoms with E-state index in [9.17, 15) is 9.59 Å². The van der Waals surface area contributed by atoms with Crippen LogP contribution in [0.2, 0.25) is 0 Å². The second kappa shape index (κ2) is 6.00. The Labute approximate surface area is 99.4 Å². The van der Waals surface area contributed by atoms with Crippen LogP contribution in [0.4, 0.5) is 5.69 Å². The molecule has 0 bridgehead atoms. The highest BCUT2D eigenvalue weighted by molar-refractivity contribution is 5.95. The Hall–Kier alpha value is -1.88. The van der Waals surface area contributed by atoms with Crippen molar-refractivity contribution in [1.29, 1.82) is 0 Å². The molecule has 1 atom stereocenters. The fraction of sp³-hybridized carbons (Fsp3) is 0.333. The number of ether oxygens (including phenoxy) is 1. The molecule has 0 saturated heterocycles. The summed E-state index contributed by atoms with van der Waals surface area (Å²) in [6.07, 6.45) is 0.0874. The Bertz CT molecular complexity index is 395. The van der Waals surface area contributed by atoms with Gasteiger partial charge in [-0.25, -0.2) is 4.79 Å². The van der Waals surface area contributed by atoms with Gasteiger partial charge in [0.05, 0.1) is 5.56 Å². The first-order valence-corrected chi connectivity index (χ1v) is 5.25. The van der Waals surface area contributed by atoms with Crippen molar-refractivity contribution >= 4 is 17.6 Å². The monoisotopic (exact) mass is 237 g/mol. The van der Waals surface area contributed by atoms with Crippen molar-refractivity contribution in [2.75, 3.05) is 12.4 Å². The second-order valence-corrected chi connectivity index (χ2v) is 3.50. The summed E-state index contributed by atoms with van der Waals surface area (Å²) < 4.78 is 4.99. The summed E-state index contributed by atoms with van der Waals surface area (Å²) in [5.74, 6) is -1.23. The van der Waals surface area contributed by atoms with E-state index >= 15 is 0 Å². The first-order valence-electron chi connectivity index (χ1n) is 5.25. The van der Waals surface area contributed by atoms with Gasteiger partial charge in [-0.2, -0.15) is 0 Å². The van der Waals surface area contributed by atoms with Crippen molar-refractivity contribution in [1.82, 2.24) is 0 Å². The third-order valence-corrected chi connectivity index (χ3v) is 2.35. The summed E-state index contributed by atoms with van der Waals surface area (Å²) in [7, 11) is 1.47. The number of rotatable bonds is 5. The van der Waals surface area contributed by atoms with Gasteiger partial charge in [0.1, 0.15) is 6.10 Å². The van der Waals surface area contributed by atoms with E-state index in [0.717, 1.165) is 0 Å². The van der Waals surface area contributed by atoms with Gasteiger partial charge in [-0.15, -0.1) is 0 Å². The second-order valence-electron chi connectivity index (χ2n) is 3.50. The molecule has 0 aliphatic carbocycles. The predicted octanol–water partition coefficient (Wildman–Crippen LogP) is 1.75. The lowest BCUT2D eigenvalue weighted by Crippen LogP contribution is -2.28. The quantitative estimate of drug-likeness (QED) is 0.818. The van der Waals surface area contributed by atoms with Crippen LogP contribution in [-0.2, 0) is 9.53 Å². The van der Waals surface area contributed by atoms with E-state index in [-0.39, 0.29) is 11.5 Å². The van der Waals surface area contributed by atoms with Crippen LogP contribution in [0.15, 0.2) is 24.3 Å². The third-order valence-electron chi connectivity index (χ3n) is 2.35. The predicted molar refractivity (Wildman–Crippen MR) is 63.1 cm³/mol. The lowest BCUT2D eigenvalue weighted by atomic mass is 10.2. The van der Waals surface area contributed by atoms with Gasteiger partial charge in [-0.3, -0.25) is 4.79 Å². The number of nitrogens with one attached hydrogen (secondary N) is 1. The minimum Gasteiger partial charge on any atom is -0.478 e. The van der Waals surface area contributed by atoms with Crippen LogP contribution in [0.25, 0.3) is 0 Å². The molecule has 0 aliphatic rings. The van der Waals surface area contributed by atoms with E-state index < -0.39 is 12.1 Å². The van der Waals surface area contributed by atoms with Gasteiger partial charge in [0.25, 0.3) is 5.91 Å². The number of carboxylic acid groups (broad SMARTS) is 1. The lowest BCUT2D eigenvalue weighted by molar-refractivity contribution is -0.125. The number of hydrogen-bond acceptors (Lipinski definition) is 3. The summed E-state index contributed by atoms with van der Waals surface area (Å²) in [6, 6.07) is 5.96. The maximum atomic E-state index is 11.6. The fourth-order valence-corrected chi connectivity index (χ4v) is 1.38. The number of methoxy groups -OCH3 is 1. The Balaban J connectivity index is 2.69. The molecule has 0 spiro atoms. The van der Waals surface area contributed by atoms with Crippen molar-refractivity contribution in [3.05, 3.63) is 29.8 Å². The van der Waals surface area contributed by atoms with Gasteiger partial charge < -0.3 is 15.2 Å². The number of benzene rings is 1. The highest BCUT2D eigenvalue weighted by Crippen LogP contribution is 2.11. The summed E-state index contributed by atoms with van der Waals surface area (Å²) in [5.41, 5.74) is 0.734. The molecule has 1 aromatic rings. The third kappa shape index (κ3) is 3.57. The fourth-order valence-electron chi connectivity index (χ4n) is 1.38. The zero-order chi connectivity index (χ0) is 12.8. The Kier molecular flexibility index (Phi) is 4.66. The average molecular weight is 237 g/mol. The number of aromatic carboxylic acids is 1. The number of carboxylic acids is 1. The van der Waals surface area contributed by atoms with E-state index in [4.69, 9.17) is 9.84 Å². The van der Waals surface area contributed by atoms with Crippen molar-refractivity contribution in [2.45, 2.75) is 19.4 Å². The zero-order valence-electron chi connectivity index (χ0n) is 9.77. The summed E-state index contributed by atoms with van der Waals surface area (Å²) >= 11 is 0. The zero-order valence-corrected chi connectivity index (χ0v) is 9.77. The van der Waals surface area contributed by atoms with Gasteiger partial charge in [0.15, 0.2) is 0 Å². The minimum absolute atomic E-state index is 0.182. The molecule has 1 amide bonds. The molecule has 92 valence electrons. The summed E-state index contributed by atoms with van der Waals surface area (Å²) in [5, 5.41) is 11.4. The maximum Gasteiger partial charge on any atom is 0.335 e. The van der Waals surface area contributed by atoms with Crippen LogP contribution < -0.4 is 5.32 Å². The number of hydrogen-bond donors (Lipinski definition) is 2. The lowest BCUT2D eigenvalue weighted by Gasteiger charge is -2.13. The van der Waals surface area contributed by atoms with Gasteiger partial charge in [0, 0.05) is 12.8 Å². The maximum absolute atomic E-state index is 11.6. The van der Waals surface area contributed by atoms with E-state index in [0.29, 0.717) is 12.1 Å². The Morgan fingerprint density at radius 3 is 2.35 bits per heavy atom. The van der Waals surface area contributed by atoms with Crippen LogP contribution in [-0.4, -0.2) is 30.2 Å². The van der Waals surface area contributed by atoms with E-state index in [1.165, 1.54) is 19.2 Å². The molecule has 1 aromatic carbocycles. The number of carbonyl (C=O) groups is 2. The first kappa shape index (κ1) is 13.2. The minimum atomic E-state index is -0.994. The molecule has 0 radical (unpaired) electrons.